The molecule has 1 saturated heterocycles. The van der Waals surface area contributed by atoms with E-state index in [1.54, 1.807) is 5.92 Å². The molecule has 68 valence electrons. The maximum atomic E-state index is 9.26. The molecule has 1 aliphatic rings. The number of aliphatic hydroxyl groups is 4. The molecular weight excluding hydrogens is 164 g/mol. The number of aliphatic hydroxyl groups excluding tert-OH is 3. The minimum absolute atomic E-state index is 0.512. The summed E-state index contributed by atoms with van der Waals surface area (Å²) in [4.78, 5) is 0. The summed E-state index contributed by atoms with van der Waals surface area (Å²) in [7, 11) is 0. The molecule has 0 radical (unpaired) electrons. The lowest BCUT2D eigenvalue weighted by Crippen LogP contribution is -2.41. The van der Waals surface area contributed by atoms with Gasteiger partial charge >= 0.3 is 0 Å². The van der Waals surface area contributed by atoms with Crippen molar-refractivity contribution in [3.63, 3.8) is 0 Å². The molecule has 0 amide bonds. The van der Waals surface area contributed by atoms with Crippen molar-refractivity contribution in [3.8, 4) is 12.3 Å². The van der Waals surface area contributed by atoms with E-state index in [2.05, 4.69) is 4.74 Å². The standard InChI is InChI=1S/C7H10O5/c1-2-7(11)6(10)5(9)4(3-8)12-7/h1,4-6,8-11H,3H2/t4-,5-,6-,7?/m1/s1. The molecule has 1 aliphatic heterocycles. The van der Waals surface area contributed by atoms with Crippen molar-refractivity contribution in [1.82, 2.24) is 0 Å². The maximum Gasteiger partial charge on any atom is 0.261 e. The van der Waals surface area contributed by atoms with Crippen molar-refractivity contribution in [1.29, 1.82) is 0 Å². The fraction of sp³-hybridized carbons (Fsp3) is 0.714. The lowest BCUT2D eigenvalue weighted by molar-refractivity contribution is -0.188. The highest BCUT2D eigenvalue weighted by Gasteiger charge is 2.52. The molecule has 4 N–H and O–H groups in total. The van der Waals surface area contributed by atoms with Crippen LogP contribution in [0.1, 0.15) is 0 Å². The summed E-state index contributed by atoms with van der Waals surface area (Å²) in [5, 5.41) is 36.1. The molecule has 0 spiro atoms. The van der Waals surface area contributed by atoms with Gasteiger partial charge in [0.2, 0.25) is 0 Å². The van der Waals surface area contributed by atoms with E-state index < -0.39 is 30.7 Å². The smallest absolute Gasteiger partial charge is 0.261 e. The van der Waals surface area contributed by atoms with Crippen molar-refractivity contribution >= 4 is 0 Å². The highest BCUT2D eigenvalue weighted by molar-refractivity contribution is 5.12. The van der Waals surface area contributed by atoms with E-state index in [0.29, 0.717) is 0 Å². The molecule has 1 rings (SSSR count). The lowest BCUT2D eigenvalue weighted by Gasteiger charge is -2.18. The predicted octanol–water partition coefficient (Wildman–Crippen LogP) is -2.58. The van der Waals surface area contributed by atoms with Gasteiger partial charge in [-0.3, -0.25) is 0 Å². The van der Waals surface area contributed by atoms with Crippen LogP contribution in [0.15, 0.2) is 0 Å². The summed E-state index contributed by atoms with van der Waals surface area (Å²) >= 11 is 0. The van der Waals surface area contributed by atoms with E-state index in [0.717, 1.165) is 0 Å². The van der Waals surface area contributed by atoms with Gasteiger partial charge in [-0.05, 0) is 5.92 Å². The van der Waals surface area contributed by atoms with Crippen LogP contribution in [-0.2, 0) is 4.74 Å². The Morgan fingerprint density at radius 2 is 2.08 bits per heavy atom. The molecule has 12 heavy (non-hydrogen) atoms. The Hall–Kier alpha value is -0.640. The Balaban J connectivity index is 2.81. The zero-order valence-corrected chi connectivity index (χ0v) is 6.21. The van der Waals surface area contributed by atoms with Crippen LogP contribution in [0.3, 0.4) is 0 Å². The van der Waals surface area contributed by atoms with Crippen molar-refractivity contribution < 1.29 is 25.2 Å². The highest BCUT2D eigenvalue weighted by atomic mass is 16.7. The summed E-state index contributed by atoms with van der Waals surface area (Å²) in [6.45, 7) is -0.512. The van der Waals surface area contributed by atoms with Gasteiger partial charge in [-0.15, -0.1) is 6.42 Å². The minimum atomic E-state index is -2.19. The van der Waals surface area contributed by atoms with Crippen molar-refractivity contribution in [2.45, 2.75) is 24.1 Å². The van der Waals surface area contributed by atoms with E-state index >= 15 is 0 Å². The van der Waals surface area contributed by atoms with E-state index in [4.69, 9.17) is 21.7 Å². The number of hydrogen-bond donors (Lipinski definition) is 4. The Labute approximate surface area is 69.2 Å². The predicted molar refractivity (Wildman–Crippen MR) is 37.8 cm³/mol. The lowest BCUT2D eigenvalue weighted by atomic mass is 10.1. The first-order chi connectivity index (χ1) is 5.55. The van der Waals surface area contributed by atoms with Crippen LogP contribution in [0.25, 0.3) is 0 Å². The first-order valence-electron chi connectivity index (χ1n) is 3.40. The molecule has 5 heteroatoms. The van der Waals surface area contributed by atoms with Crippen LogP contribution < -0.4 is 0 Å². The Morgan fingerprint density at radius 3 is 2.33 bits per heavy atom. The largest absolute Gasteiger partial charge is 0.394 e. The third-order valence-corrected chi connectivity index (χ3v) is 1.82. The van der Waals surface area contributed by atoms with Gasteiger partial charge in [-0.2, -0.15) is 0 Å². The second-order valence-electron chi connectivity index (χ2n) is 2.62. The monoisotopic (exact) mass is 174 g/mol. The second-order valence-corrected chi connectivity index (χ2v) is 2.62. The molecule has 0 aliphatic carbocycles. The molecule has 0 bridgehead atoms. The van der Waals surface area contributed by atoms with E-state index in [-0.39, 0.29) is 0 Å². The fourth-order valence-electron chi connectivity index (χ4n) is 1.07. The van der Waals surface area contributed by atoms with E-state index in [1.165, 1.54) is 0 Å². The summed E-state index contributed by atoms with van der Waals surface area (Å²) in [5.74, 6) is -0.391. The molecule has 1 unspecified atom stereocenters. The van der Waals surface area contributed by atoms with Crippen LogP contribution >= 0.6 is 0 Å². The first-order valence-corrected chi connectivity index (χ1v) is 3.40. The third kappa shape index (κ3) is 1.20. The second kappa shape index (κ2) is 3.01. The van der Waals surface area contributed by atoms with E-state index in [9.17, 15) is 5.11 Å². The third-order valence-electron chi connectivity index (χ3n) is 1.82. The fourth-order valence-corrected chi connectivity index (χ4v) is 1.07. The number of ether oxygens (including phenoxy) is 1. The van der Waals surface area contributed by atoms with Gasteiger partial charge in [0.25, 0.3) is 5.79 Å². The normalized spacial score (nSPS) is 47.4. The molecule has 4 atom stereocenters. The first kappa shape index (κ1) is 9.45. The van der Waals surface area contributed by atoms with Gasteiger partial charge in [-0.25, -0.2) is 0 Å². The summed E-state index contributed by atoms with van der Waals surface area (Å²) < 4.78 is 4.64. The van der Waals surface area contributed by atoms with Gasteiger partial charge in [0.05, 0.1) is 6.61 Å². The summed E-state index contributed by atoms with van der Waals surface area (Å²) in [5.41, 5.74) is 0. The molecule has 0 saturated carbocycles. The van der Waals surface area contributed by atoms with E-state index in [1.807, 2.05) is 0 Å². The molecular formula is C7H10O5. The number of terminal acetylenes is 1. The quantitative estimate of drug-likeness (QED) is 0.328. The van der Waals surface area contributed by atoms with Gasteiger partial charge in [0, 0.05) is 0 Å². The van der Waals surface area contributed by atoms with Gasteiger partial charge in [0.15, 0.2) is 0 Å². The SMILES string of the molecule is C#CC1(O)O[C@H](CO)[C@@H](O)[C@H]1O. The molecule has 1 heterocycles. The maximum absolute atomic E-state index is 9.26. The molecule has 0 aromatic heterocycles. The zero-order valence-electron chi connectivity index (χ0n) is 6.21. The van der Waals surface area contributed by atoms with Gasteiger partial charge < -0.3 is 25.2 Å². The van der Waals surface area contributed by atoms with Gasteiger partial charge in [0.1, 0.15) is 18.3 Å². The Kier molecular flexibility index (Phi) is 2.37. The molecule has 5 nitrogen and oxygen atoms in total. The Morgan fingerprint density at radius 1 is 1.50 bits per heavy atom. The van der Waals surface area contributed by atoms with Crippen molar-refractivity contribution in [2.24, 2.45) is 0 Å². The van der Waals surface area contributed by atoms with Crippen LogP contribution in [0.4, 0.5) is 0 Å². The summed E-state index contributed by atoms with van der Waals surface area (Å²) in [6, 6.07) is 0. The topological polar surface area (TPSA) is 90.2 Å². The highest BCUT2D eigenvalue weighted by Crippen LogP contribution is 2.28. The number of rotatable bonds is 1. The number of hydrogen-bond acceptors (Lipinski definition) is 5. The van der Waals surface area contributed by atoms with Crippen LogP contribution in [0, 0.1) is 12.3 Å². The minimum Gasteiger partial charge on any atom is -0.394 e. The molecule has 0 aromatic carbocycles. The molecule has 1 fully saturated rings. The van der Waals surface area contributed by atoms with Crippen LogP contribution in [-0.4, -0.2) is 51.1 Å². The van der Waals surface area contributed by atoms with Crippen molar-refractivity contribution in [2.75, 3.05) is 6.61 Å². The molecule has 0 aromatic rings. The van der Waals surface area contributed by atoms with Gasteiger partial charge in [-0.1, -0.05) is 0 Å². The zero-order chi connectivity index (χ0) is 9.35. The van der Waals surface area contributed by atoms with Crippen molar-refractivity contribution in [3.05, 3.63) is 0 Å². The average molecular weight is 174 g/mol. The van der Waals surface area contributed by atoms with Crippen LogP contribution in [0.5, 0.6) is 0 Å². The van der Waals surface area contributed by atoms with Crippen LogP contribution in [0.2, 0.25) is 0 Å². The Bertz CT molecular complexity index is 210. The average Bonchev–Trinajstić information content (AvgIpc) is 2.31. The summed E-state index contributed by atoms with van der Waals surface area (Å²) in [6.07, 6.45) is 0.871.